The Morgan fingerprint density at radius 3 is 2.65 bits per heavy atom. The van der Waals surface area contributed by atoms with Gasteiger partial charge in [-0.3, -0.25) is 0 Å². The number of nitrogens with zero attached hydrogens (tertiary/aromatic N) is 5. The molecule has 5 rings (SSSR count). The van der Waals surface area contributed by atoms with E-state index in [4.69, 9.17) is 9.97 Å². The number of anilines is 2. The third kappa shape index (κ3) is 4.70. The highest BCUT2D eigenvalue weighted by atomic mass is 32.2. The van der Waals surface area contributed by atoms with Crippen LogP contribution in [-0.2, 0) is 0 Å². The molecule has 10 heteroatoms. The summed E-state index contributed by atoms with van der Waals surface area (Å²) >= 11 is 1.91. The second-order valence-electron chi connectivity index (χ2n) is 9.68. The second kappa shape index (κ2) is 9.30. The number of nitrogens with one attached hydrogen (secondary N) is 1. The monoisotopic (exact) mass is 488 g/mol. The summed E-state index contributed by atoms with van der Waals surface area (Å²) in [7, 11) is 0. The van der Waals surface area contributed by atoms with Gasteiger partial charge in [-0.15, -0.1) is 0 Å². The Labute approximate surface area is 202 Å². The summed E-state index contributed by atoms with van der Waals surface area (Å²) in [5, 5.41) is 19.2. The Morgan fingerprint density at radius 2 is 1.97 bits per heavy atom. The van der Waals surface area contributed by atoms with E-state index < -0.39 is 12.0 Å². The molecule has 182 valence electrons. The average Bonchev–Trinajstić information content (AvgIpc) is 3.48. The smallest absolute Gasteiger partial charge is 0.263 e. The van der Waals surface area contributed by atoms with Crippen molar-refractivity contribution >= 4 is 34.6 Å². The van der Waals surface area contributed by atoms with Gasteiger partial charge in [0.15, 0.2) is 5.65 Å². The Balaban J connectivity index is 1.54. The highest BCUT2D eigenvalue weighted by molar-refractivity contribution is 7.99. The number of benzene rings is 1. The van der Waals surface area contributed by atoms with Crippen LogP contribution in [0.15, 0.2) is 30.5 Å². The normalized spacial score (nSPS) is 19.9. The number of alkyl halides is 2. The first-order chi connectivity index (χ1) is 16.3. The first kappa shape index (κ1) is 23.3. The second-order valence-corrected chi connectivity index (χ2v) is 10.8. The lowest BCUT2D eigenvalue weighted by atomic mass is 9.83. The van der Waals surface area contributed by atoms with Crippen molar-refractivity contribution in [2.75, 3.05) is 34.8 Å². The van der Waals surface area contributed by atoms with Crippen molar-refractivity contribution in [1.29, 1.82) is 0 Å². The Morgan fingerprint density at radius 1 is 1.18 bits per heavy atom. The Hall–Kier alpha value is -2.46. The van der Waals surface area contributed by atoms with Gasteiger partial charge in [0.05, 0.1) is 22.9 Å². The summed E-state index contributed by atoms with van der Waals surface area (Å²) < 4.78 is 28.3. The Bertz CT molecular complexity index is 1150. The first-order valence-electron chi connectivity index (χ1n) is 11.8. The van der Waals surface area contributed by atoms with Gasteiger partial charge in [0.25, 0.3) is 6.43 Å². The average molecular weight is 489 g/mol. The summed E-state index contributed by atoms with van der Waals surface area (Å²) in [5.41, 5.74) is 0.376. The van der Waals surface area contributed by atoms with E-state index in [1.165, 1.54) is 12.1 Å². The number of thioether (sulfide) groups is 1. The van der Waals surface area contributed by atoms with Crippen LogP contribution < -0.4 is 10.2 Å². The third-order valence-corrected chi connectivity index (χ3v) is 7.99. The minimum absolute atomic E-state index is 0.0505. The van der Waals surface area contributed by atoms with Gasteiger partial charge in [-0.1, -0.05) is 12.1 Å². The molecule has 2 N–H and O–H groups in total. The lowest BCUT2D eigenvalue weighted by Gasteiger charge is -2.38. The van der Waals surface area contributed by atoms with Gasteiger partial charge < -0.3 is 15.3 Å². The van der Waals surface area contributed by atoms with Gasteiger partial charge in [-0.25, -0.2) is 13.5 Å². The number of rotatable bonds is 6. The van der Waals surface area contributed by atoms with Crippen LogP contribution in [0.5, 0.6) is 0 Å². The maximum Gasteiger partial charge on any atom is 0.263 e. The predicted octanol–water partition coefficient (Wildman–Crippen LogP) is 4.66. The summed E-state index contributed by atoms with van der Waals surface area (Å²) in [6, 6.07) is 6.54. The van der Waals surface area contributed by atoms with Gasteiger partial charge in [0.1, 0.15) is 5.82 Å². The zero-order chi connectivity index (χ0) is 23.9. The van der Waals surface area contributed by atoms with E-state index in [2.05, 4.69) is 15.3 Å². The molecule has 2 fully saturated rings. The van der Waals surface area contributed by atoms with Crippen LogP contribution in [0, 0.1) is 5.92 Å². The molecule has 1 unspecified atom stereocenters. The molecular formula is C24H30F2N6OS. The number of hydrogen-bond donors (Lipinski definition) is 2. The standard InChI is InChI=1S/C24H30F2N6OS/c1-24(2,33)16-6-9-31(10-7-16)21-19-13-27-32(18-5-3-4-15(12-18)20(25)26)22(19)30-23(29-21)28-17-8-11-34-14-17/h3-5,12-13,16-17,20,33H,6-11,14H2,1-2H3,(H,28,29,30). The van der Waals surface area contributed by atoms with Gasteiger partial charge >= 0.3 is 0 Å². The SMILES string of the molecule is CC(C)(O)C1CCN(c2nc(NC3CCSC3)nc3c2cnn3-c2cccc(C(F)F)c2)CC1. The van der Waals surface area contributed by atoms with Gasteiger partial charge in [-0.05, 0) is 56.9 Å². The van der Waals surface area contributed by atoms with E-state index >= 15 is 0 Å². The highest BCUT2D eigenvalue weighted by Crippen LogP contribution is 2.34. The van der Waals surface area contributed by atoms with Crippen LogP contribution in [0.3, 0.4) is 0 Å². The van der Waals surface area contributed by atoms with Crippen LogP contribution >= 0.6 is 11.8 Å². The number of fused-ring (bicyclic) bond motifs is 1. The van der Waals surface area contributed by atoms with Crippen molar-refractivity contribution in [3.05, 3.63) is 36.0 Å². The lowest BCUT2D eigenvalue weighted by Crippen LogP contribution is -2.42. The van der Waals surface area contributed by atoms with Gasteiger partial charge in [-0.2, -0.15) is 26.8 Å². The summed E-state index contributed by atoms with van der Waals surface area (Å²) in [6.45, 7) is 5.28. The summed E-state index contributed by atoms with van der Waals surface area (Å²) in [4.78, 5) is 11.9. The van der Waals surface area contributed by atoms with E-state index in [1.54, 1.807) is 23.0 Å². The maximum absolute atomic E-state index is 13.3. The minimum atomic E-state index is -2.55. The van der Waals surface area contributed by atoms with Crippen molar-refractivity contribution in [1.82, 2.24) is 19.7 Å². The van der Waals surface area contributed by atoms with Gasteiger partial charge in [0.2, 0.25) is 5.95 Å². The number of aromatic nitrogens is 4. The number of halogens is 2. The largest absolute Gasteiger partial charge is 0.390 e. The van der Waals surface area contributed by atoms with Crippen molar-refractivity contribution in [2.45, 2.75) is 51.2 Å². The number of piperidine rings is 1. The van der Waals surface area contributed by atoms with Crippen LogP contribution in [0.25, 0.3) is 16.7 Å². The van der Waals surface area contributed by atoms with Crippen LogP contribution in [0.2, 0.25) is 0 Å². The molecule has 0 bridgehead atoms. The van der Waals surface area contributed by atoms with Crippen molar-refractivity contribution in [3.63, 3.8) is 0 Å². The minimum Gasteiger partial charge on any atom is -0.390 e. The molecular weight excluding hydrogens is 458 g/mol. The van der Waals surface area contributed by atoms with E-state index in [-0.39, 0.29) is 11.5 Å². The van der Waals surface area contributed by atoms with E-state index in [0.29, 0.717) is 23.3 Å². The highest BCUT2D eigenvalue weighted by Gasteiger charge is 2.32. The fraction of sp³-hybridized carbons (Fsp3) is 0.542. The Kier molecular flexibility index (Phi) is 6.37. The summed E-state index contributed by atoms with van der Waals surface area (Å²) in [5.74, 6) is 3.67. The van der Waals surface area contributed by atoms with Gasteiger partial charge in [0, 0.05) is 30.4 Å². The van der Waals surface area contributed by atoms with E-state index in [9.17, 15) is 13.9 Å². The molecule has 2 aliphatic rings. The zero-order valence-corrected chi connectivity index (χ0v) is 20.2. The maximum atomic E-state index is 13.3. The molecule has 2 aliphatic heterocycles. The molecule has 1 aromatic carbocycles. The van der Waals surface area contributed by atoms with E-state index in [1.807, 2.05) is 25.6 Å². The molecule has 7 nitrogen and oxygen atoms in total. The fourth-order valence-electron chi connectivity index (χ4n) is 4.81. The predicted molar refractivity (Wildman–Crippen MR) is 132 cm³/mol. The molecule has 2 saturated heterocycles. The third-order valence-electron chi connectivity index (χ3n) is 6.83. The molecule has 4 heterocycles. The van der Waals surface area contributed by atoms with Crippen LogP contribution in [-0.4, -0.2) is 61.1 Å². The van der Waals surface area contributed by atoms with Crippen molar-refractivity contribution in [3.8, 4) is 5.69 Å². The van der Waals surface area contributed by atoms with Crippen molar-refractivity contribution in [2.24, 2.45) is 5.92 Å². The lowest BCUT2D eigenvalue weighted by molar-refractivity contribution is 0.00648. The molecule has 2 aromatic heterocycles. The molecule has 34 heavy (non-hydrogen) atoms. The fourth-order valence-corrected chi connectivity index (χ4v) is 5.96. The molecule has 1 atom stereocenters. The molecule has 0 amide bonds. The quantitative estimate of drug-likeness (QED) is 0.523. The number of hydrogen-bond acceptors (Lipinski definition) is 7. The first-order valence-corrected chi connectivity index (χ1v) is 12.9. The zero-order valence-electron chi connectivity index (χ0n) is 19.4. The summed E-state index contributed by atoms with van der Waals surface area (Å²) in [6.07, 6.45) is 1.94. The molecule has 0 aliphatic carbocycles. The molecule has 3 aromatic rings. The van der Waals surface area contributed by atoms with Crippen LogP contribution in [0.1, 0.15) is 45.1 Å². The number of aliphatic hydroxyl groups is 1. The van der Waals surface area contributed by atoms with Crippen molar-refractivity contribution < 1.29 is 13.9 Å². The van der Waals surface area contributed by atoms with E-state index in [0.717, 1.165) is 55.1 Å². The molecule has 0 saturated carbocycles. The topological polar surface area (TPSA) is 79.1 Å². The molecule has 0 spiro atoms. The molecule has 0 radical (unpaired) electrons. The van der Waals surface area contributed by atoms with Crippen LogP contribution in [0.4, 0.5) is 20.5 Å².